The molecule has 0 aliphatic rings. The average molecular weight is 284 g/mol. The summed E-state index contributed by atoms with van der Waals surface area (Å²) < 4.78 is 55.9. The zero-order valence-corrected chi connectivity index (χ0v) is 10.6. The lowest BCUT2D eigenvalue weighted by Crippen LogP contribution is -2.36. The fourth-order valence-electron chi connectivity index (χ4n) is 1.73. The van der Waals surface area contributed by atoms with E-state index >= 15 is 0 Å². The zero-order valence-electron chi connectivity index (χ0n) is 10.6. The van der Waals surface area contributed by atoms with Crippen LogP contribution in [-0.2, 0) is 6.61 Å². The second-order valence-corrected chi connectivity index (χ2v) is 4.42. The summed E-state index contributed by atoms with van der Waals surface area (Å²) in [7, 11) is 0. The number of hydrogen-bond acceptors (Lipinski definition) is 2. The molecule has 2 aromatic rings. The van der Waals surface area contributed by atoms with Crippen molar-refractivity contribution in [3.05, 3.63) is 53.6 Å². The van der Waals surface area contributed by atoms with Gasteiger partial charge >= 0.3 is 6.98 Å². The van der Waals surface area contributed by atoms with E-state index in [0.29, 0.717) is 6.07 Å². The highest BCUT2D eigenvalue weighted by Gasteiger charge is 2.28. The van der Waals surface area contributed by atoms with Gasteiger partial charge in [0.05, 0.1) is 5.82 Å². The lowest BCUT2D eigenvalue weighted by atomic mass is 9.80. The second-order valence-electron chi connectivity index (χ2n) is 4.42. The molecular weight excluding hydrogens is 273 g/mol. The van der Waals surface area contributed by atoms with E-state index in [0.717, 1.165) is 23.3 Å². The largest absolute Gasteiger partial charge is 0.512 e. The van der Waals surface area contributed by atoms with Crippen LogP contribution in [0.25, 0.3) is 0 Å². The fourth-order valence-corrected chi connectivity index (χ4v) is 1.73. The first-order valence-corrected chi connectivity index (χ1v) is 5.89. The maximum Gasteiger partial charge on any atom is 0.512 e. The minimum absolute atomic E-state index is 0.0489. The smallest absolute Gasteiger partial charge is 0.489 e. The summed E-state index contributed by atoms with van der Waals surface area (Å²) in [6.07, 6.45) is 3.25. The quantitative estimate of drug-likeness (QED) is 0.635. The van der Waals surface area contributed by atoms with Gasteiger partial charge in [-0.3, -0.25) is 4.98 Å². The van der Waals surface area contributed by atoms with E-state index in [1.54, 1.807) is 12.4 Å². The molecule has 0 aliphatic heterocycles. The van der Waals surface area contributed by atoms with E-state index < -0.39 is 18.3 Å². The number of ether oxygens (including phenoxy) is 1. The molecule has 0 radical (unpaired) electrons. The van der Waals surface area contributed by atoms with E-state index in [4.69, 9.17) is 4.74 Å². The van der Waals surface area contributed by atoms with Gasteiger partial charge in [0, 0.05) is 24.0 Å². The van der Waals surface area contributed by atoms with Crippen molar-refractivity contribution in [3.8, 4) is 5.75 Å². The monoisotopic (exact) mass is 284 g/mol. The maximum absolute atomic E-state index is 13.3. The Morgan fingerprint density at radius 1 is 1.15 bits per heavy atom. The van der Waals surface area contributed by atoms with Gasteiger partial charge in [-0.05, 0) is 24.6 Å². The predicted molar refractivity (Wildman–Crippen MR) is 68.4 cm³/mol. The van der Waals surface area contributed by atoms with Crippen LogP contribution in [0.4, 0.5) is 17.3 Å². The molecule has 0 bridgehead atoms. The van der Waals surface area contributed by atoms with Crippen molar-refractivity contribution in [2.45, 2.75) is 13.5 Å². The summed E-state index contributed by atoms with van der Waals surface area (Å²) in [5.41, 5.74) is 0.455. The average Bonchev–Trinajstić information content (AvgIpc) is 2.35. The maximum atomic E-state index is 13.3. The molecule has 0 atom stereocenters. The normalized spacial score (nSPS) is 11.4. The number of pyridine rings is 1. The van der Waals surface area contributed by atoms with Crippen molar-refractivity contribution in [1.29, 1.82) is 0 Å². The molecule has 7 heteroatoms. The summed E-state index contributed by atoms with van der Waals surface area (Å²) >= 11 is 0. The molecule has 0 amide bonds. The van der Waals surface area contributed by atoms with E-state index in [9.17, 15) is 17.3 Å². The lowest BCUT2D eigenvalue weighted by Gasteiger charge is -2.16. The van der Waals surface area contributed by atoms with E-state index in [2.05, 4.69) is 4.98 Å². The molecule has 1 aromatic carbocycles. The Hall–Kier alpha value is -2.05. The molecule has 0 aliphatic carbocycles. The third-order valence-corrected chi connectivity index (χ3v) is 2.66. The van der Waals surface area contributed by atoms with E-state index in [-0.39, 0.29) is 12.4 Å². The minimum Gasteiger partial charge on any atom is -0.489 e. The Kier molecular flexibility index (Phi) is 3.97. The van der Waals surface area contributed by atoms with Crippen LogP contribution in [0.15, 0.2) is 36.7 Å². The molecule has 1 aromatic heterocycles. The molecule has 0 spiro atoms. The molecule has 2 rings (SSSR count). The molecule has 0 saturated heterocycles. The molecule has 0 saturated carbocycles. The highest BCUT2D eigenvalue weighted by Crippen LogP contribution is 2.18. The first-order chi connectivity index (χ1) is 9.36. The van der Waals surface area contributed by atoms with Crippen LogP contribution in [0.2, 0.25) is 0 Å². The number of rotatable bonds is 4. The van der Waals surface area contributed by atoms with Gasteiger partial charge in [0.15, 0.2) is 0 Å². The predicted octanol–water partition coefficient (Wildman–Crippen LogP) is 3.16. The molecule has 0 fully saturated rings. The van der Waals surface area contributed by atoms with E-state index in [1.807, 2.05) is 13.0 Å². The third-order valence-electron chi connectivity index (χ3n) is 2.66. The third kappa shape index (κ3) is 3.49. The number of nitrogens with zero attached hydrogens (tertiary/aromatic N) is 1. The minimum atomic E-state index is -5.35. The standard InChI is InChI=1S/C13H11BF4NO/c1-9-4-10(7-19-6-9)8-20-11-2-3-12(13(15)5-11)14(16,17)18/h2-7H,8H2,1H3/q-1. The van der Waals surface area contributed by atoms with Gasteiger partial charge in [0.25, 0.3) is 0 Å². The second kappa shape index (κ2) is 5.52. The SMILES string of the molecule is Cc1cncc(COc2ccc([B-](F)(F)F)c(F)c2)c1. The Morgan fingerprint density at radius 3 is 2.50 bits per heavy atom. The summed E-state index contributed by atoms with van der Waals surface area (Å²) in [6, 6.07) is 4.38. The van der Waals surface area contributed by atoms with Gasteiger partial charge in [-0.25, -0.2) is 4.39 Å². The van der Waals surface area contributed by atoms with Crippen LogP contribution >= 0.6 is 0 Å². The van der Waals surface area contributed by atoms with Gasteiger partial charge < -0.3 is 17.7 Å². The number of benzene rings is 1. The molecule has 2 nitrogen and oxygen atoms in total. The van der Waals surface area contributed by atoms with Crippen molar-refractivity contribution >= 4 is 12.4 Å². The fraction of sp³-hybridized carbons (Fsp3) is 0.154. The Bertz CT molecular complexity index is 616. The van der Waals surface area contributed by atoms with Crippen molar-refractivity contribution in [2.24, 2.45) is 0 Å². The summed E-state index contributed by atoms with van der Waals surface area (Å²) in [5, 5.41) is 0. The number of halogens is 4. The van der Waals surface area contributed by atoms with Gasteiger partial charge in [0.1, 0.15) is 12.4 Å². The van der Waals surface area contributed by atoms with Crippen molar-refractivity contribution in [1.82, 2.24) is 4.98 Å². The zero-order chi connectivity index (χ0) is 14.8. The van der Waals surface area contributed by atoms with Gasteiger partial charge in [0.2, 0.25) is 0 Å². The molecule has 106 valence electrons. The van der Waals surface area contributed by atoms with Crippen molar-refractivity contribution in [3.63, 3.8) is 0 Å². The Labute approximate surface area is 113 Å². The van der Waals surface area contributed by atoms with Crippen molar-refractivity contribution in [2.75, 3.05) is 0 Å². The van der Waals surface area contributed by atoms with Crippen molar-refractivity contribution < 1.29 is 22.1 Å². The first kappa shape index (κ1) is 14.4. The highest BCUT2D eigenvalue weighted by atomic mass is 19.4. The molecule has 20 heavy (non-hydrogen) atoms. The topological polar surface area (TPSA) is 22.1 Å². The van der Waals surface area contributed by atoms with Crippen LogP contribution in [0, 0.1) is 12.7 Å². The van der Waals surface area contributed by atoms with Crippen LogP contribution in [0.1, 0.15) is 11.1 Å². The molecule has 0 unspecified atom stereocenters. The lowest BCUT2D eigenvalue weighted by molar-refractivity contribution is 0.304. The number of aromatic nitrogens is 1. The van der Waals surface area contributed by atoms with Crippen LogP contribution in [0.3, 0.4) is 0 Å². The summed E-state index contributed by atoms with van der Waals surface area (Å²) in [5.74, 6) is -1.27. The van der Waals surface area contributed by atoms with Crippen LogP contribution in [-0.4, -0.2) is 12.0 Å². The Balaban J connectivity index is 2.10. The molecular formula is C13H11BF4NO-. The van der Waals surface area contributed by atoms with Crippen LogP contribution in [0.5, 0.6) is 5.75 Å². The van der Waals surface area contributed by atoms with E-state index in [1.165, 1.54) is 0 Å². The van der Waals surface area contributed by atoms with Gasteiger partial charge in [-0.15, -0.1) is 0 Å². The van der Waals surface area contributed by atoms with Gasteiger partial charge in [-0.1, -0.05) is 11.5 Å². The Morgan fingerprint density at radius 2 is 1.90 bits per heavy atom. The summed E-state index contributed by atoms with van der Waals surface area (Å²) in [6.45, 7) is -3.38. The first-order valence-electron chi connectivity index (χ1n) is 5.89. The molecule has 0 N–H and O–H groups in total. The number of hydrogen-bond donors (Lipinski definition) is 0. The van der Waals surface area contributed by atoms with Gasteiger partial charge in [-0.2, -0.15) is 0 Å². The number of aryl methyl sites for hydroxylation is 1. The van der Waals surface area contributed by atoms with Crippen LogP contribution < -0.4 is 10.2 Å². The summed E-state index contributed by atoms with van der Waals surface area (Å²) in [4.78, 5) is 3.96. The molecule has 1 heterocycles. The highest BCUT2D eigenvalue weighted by molar-refractivity contribution is 6.73.